The van der Waals surface area contributed by atoms with Gasteiger partial charge in [-0.3, -0.25) is 6.08 Å². The molecule has 0 heterocycles. The van der Waals surface area contributed by atoms with E-state index in [9.17, 15) is 5.11 Å². The smallest absolute Gasteiger partial charge is 0.0760 e. The van der Waals surface area contributed by atoms with Crippen molar-refractivity contribution in [3.8, 4) is 0 Å². The van der Waals surface area contributed by atoms with E-state index < -0.39 is 0 Å². The molecular weight excluding hydrogens is 160 g/mol. The summed E-state index contributed by atoms with van der Waals surface area (Å²) in [5.41, 5.74) is 3.25. The topological polar surface area (TPSA) is 20.2 Å². The van der Waals surface area contributed by atoms with E-state index in [1.54, 1.807) is 6.92 Å². The molecule has 0 saturated carbocycles. The van der Waals surface area contributed by atoms with E-state index in [2.05, 4.69) is 6.08 Å². The number of hydrogen-bond acceptors (Lipinski definition) is 1. The van der Waals surface area contributed by atoms with E-state index in [-0.39, 0.29) is 6.10 Å². The van der Waals surface area contributed by atoms with E-state index in [0.717, 1.165) is 16.7 Å². The van der Waals surface area contributed by atoms with Gasteiger partial charge < -0.3 is 5.11 Å². The average Bonchev–Trinajstić information content (AvgIpc) is 2.17. The van der Waals surface area contributed by atoms with E-state index in [0.29, 0.717) is 0 Å². The van der Waals surface area contributed by atoms with Crippen LogP contribution in [0.15, 0.2) is 24.3 Å². The molecule has 0 radical (unpaired) electrons. The predicted octanol–water partition coefficient (Wildman–Crippen LogP) is 2.97. The van der Waals surface area contributed by atoms with Crippen LogP contribution in [0.3, 0.4) is 0 Å². The highest BCUT2D eigenvalue weighted by molar-refractivity contribution is 5.61. The molecule has 1 N–H and O–H groups in total. The first kappa shape index (κ1) is 10.0. The third-order valence-corrected chi connectivity index (χ3v) is 2.20. The Kier molecular flexibility index (Phi) is 3.26. The first-order chi connectivity index (χ1) is 6.15. The maximum atomic E-state index is 9.29. The highest BCUT2D eigenvalue weighted by Gasteiger charge is 1.96. The number of benzene rings is 1. The second-order valence-corrected chi connectivity index (χ2v) is 3.17. The zero-order valence-corrected chi connectivity index (χ0v) is 8.33. The van der Waals surface area contributed by atoms with Gasteiger partial charge in [-0.2, -0.15) is 5.56 Å². The highest BCUT2D eigenvalue weighted by atomic mass is 16.3. The lowest BCUT2D eigenvalue weighted by Crippen LogP contribution is -1.90. The summed E-state index contributed by atoms with van der Waals surface area (Å²) >= 11 is 0. The fourth-order valence-corrected chi connectivity index (χ4v) is 1.16. The molecule has 70 valence electrons. The second-order valence-electron chi connectivity index (χ2n) is 3.17. The Bertz CT molecular complexity index is 293. The predicted molar refractivity (Wildman–Crippen MR) is 55.1 cm³/mol. The lowest BCUT2D eigenvalue weighted by molar-refractivity contribution is 0.199. The van der Waals surface area contributed by atoms with Crippen molar-refractivity contribution in [3.63, 3.8) is 0 Å². The molecule has 13 heavy (non-hydrogen) atoms. The lowest BCUT2D eigenvalue weighted by Gasteiger charge is -2.13. The van der Waals surface area contributed by atoms with Gasteiger partial charge in [0.25, 0.3) is 0 Å². The largest absolute Gasteiger partial charge is 0.389 e. The van der Waals surface area contributed by atoms with Crippen molar-refractivity contribution in [2.45, 2.75) is 26.9 Å². The summed E-state index contributed by atoms with van der Waals surface area (Å²) in [4.78, 5) is 0. The Hall–Kier alpha value is -1.08. The maximum absolute atomic E-state index is 9.29. The Labute approximate surface area is 79.7 Å². The van der Waals surface area contributed by atoms with Gasteiger partial charge in [-0.15, -0.1) is 19.1 Å². The third kappa shape index (κ3) is 2.43. The molecule has 1 aromatic rings. The molecule has 1 rings (SSSR count). The van der Waals surface area contributed by atoms with Gasteiger partial charge in [-0.25, -0.2) is 5.57 Å². The van der Waals surface area contributed by atoms with Crippen LogP contribution in [0.5, 0.6) is 0 Å². The normalized spacial score (nSPS) is 14.3. The van der Waals surface area contributed by atoms with Crippen molar-refractivity contribution in [1.82, 2.24) is 0 Å². The highest BCUT2D eigenvalue weighted by Crippen LogP contribution is 2.17. The standard InChI is InChI=1S/C12H15O/c1-4-9(2)11-5-7-12(8-6-11)10(3)13/h5-8,10,13H,1-3H3/q-1. The van der Waals surface area contributed by atoms with Crippen LogP contribution in [0.4, 0.5) is 0 Å². The van der Waals surface area contributed by atoms with Gasteiger partial charge in [-0.1, -0.05) is 19.1 Å². The van der Waals surface area contributed by atoms with Crippen molar-refractivity contribution >= 4 is 5.57 Å². The van der Waals surface area contributed by atoms with E-state index in [1.165, 1.54) is 0 Å². The molecule has 0 aromatic heterocycles. The molecule has 0 spiro atoms. The molecule has 0 aliphatic heterocycles. The molecule has 1 nitrogen and oxygen atoms in total. The molecule has 1 aromatic carbocycles. The Morgan fingerprint density at radius 1 is 1.31 bits per heavy atom. The van der Waals surface area contributed by atoms with Crippen molar-refractivity contribution < 1.29 is 5.11 Å². The zero-order chi connectivity index (χ0) is 9.84. The van der Waals surface area contributed by atoms with Crippen LogP contribution in [-0.4, -0.2) is 5.11 Å². The summed E-state index contributed by atoms with van der Waals surface area (Å²) in [6, 6.07) is 7.91. The fourth-order valence-electron chi connectivity index (χ4n) is 1.16. The minimum atomic E-state index is -0.385. The summed E-state index contributed by atoms with van der Waals surface area (Å²) in [6.45, 7) is 5.69. The first-order valence-electron chi connectivity index (χ1n) is 4.45. The number of aliphatic hydroxyl groups excluding tert-OH is 1. The minimum Gasteiger partial charge on any atom is -0.389 e. The molecule has 0 aliphatic carbocycles. The van der Waals surface area contributed by atoms with Gasteiger partial charge in [0.15, 0.2) is 0 Å². The summed E-state index contributed by atoms with van der Waals surface area (Å²) in [5.74, 6) is 0. The van der Waals surface area contributed by atoms with Gasteiger partial charge in [0.05, 0.1) is 6.10 Å². The van der Waals surface area contributed by atoms with Gasteiger partial charge in [0.1, 0.15) is 0 Å². The molecule has 0 saturated heterocycles. The van der Waals surface area contributed by atoms with Gasteiger partial charge in [0.2, 0.25) is 0 Å². The van der Waals surface area contributed by atoms with Crippen LogP contribution in [0.1, 0.15) is 38.0 Å². The number of aliphatic hydroxyl groups is 1. The Balaban J connectivity index is 2.94. The molecule has 0 amide bonds. The van der Waals surface area contributed by atoms with Crippen molar-refractivity contribution in [1.29, 1.82) is 0 Å². The van der Waals surface area contributed by atoms with Crippen LogP contribution in [-0.2, 0) is 0 Å². The summed E-state index contributed by atoms with van der Waals surface area (Å²) in [6.07, 6.45) is 2.70. The van der Waals surface area contributed by atoms with Crippen molar-refractivity contribution in [2.24, 2.45) is 0 Å². The SMILES string of the molecule is C[C-]=C(C)c1ccc(C(C)O)cc1. The first-order valence-corrected chi connectivity index (χ1v) is 4.45. The average molecular weight is 175 g/mol. The summed E-state index contributed by atoms with van der Waals surface area (Å²) in [7, 11) is 0. The Morgan fingerprint density at radius 3 is 2.23 bits per heavy atom. The van der Waals surface area contributed by atoms with Gasteiger partial charge in [-0.05, 0) is 12.5 Å². The van der Waals surface area contributed by atoms with Crippen LogP contribution >= 0.6 is 0 Å². The molecule has 1 heteroatoms. The molecule has 0 bridgehead atoms. The summed E-state index contributed by atoms with van der Waals surface area (Å²) < 4.78 is 0. The van der Waals surface area contributed by atoms with E-state index in [4.69, 9.17) is 0 Å². The maximum Gasteiger partial charge on any atom is 0.0760 e. The molecular formula is C12H15O-. The molecule has 1 atom stereocenters. The quantitative estimate of drug-likeness (QED) is 0.685. The van der Waals surface area contributed by atoms with Crippen molar-refractivity contribution in [3.05, 3.63) is 41.5 Å². The van der Waals surface area contributed by atoms with Crippen LogP contribution < -0.4 is 0 Å². The minimum absolute atomic E-state index is 0.385. The van der Waals surface area contributed by atoms with E-state index in [1.807, 2.05) is 38.1 Å². The number of hydrogen-bond donors (Lipinski definition) is 1. The van der Waals surface area contributed by atoms with Crippen molar-refractivity contribution in [2.75, 3.05) is 0 Å². The number of allylic oxidation sites excluding steroid dienone is 2. The second kappa shape index (κ2) is 4.24. The lowest BCUT2D eigenvalue weighted by atomic mass is 10.0. The zero-order valence-electron chi connectivity index (χ0n) is 8.33. The summed E-state index contributed by atoms with van der Waals surface area (Å²) in [5, 5.41) is 9.29. The van der Waals surface area contributed by atoms with Crippen LogP contribution in [0, 0.1) is 6.08 Å². The van der Waals surface area contributed by atoms with Gasteiger partial charge >= 0.3 is 0 Å². The third-order valence-electron chi connectivity index (χ3n) is 2.20. The van der Waals surface area contributed by atoms with E-state index >= 15 is 0 Å². The van der Waals surface area contributed by atoms with Crippen LogP contribution in [0.25, 0.3) is 5.57 Å². The van der Waals surface area contributed by atoms with Gasteiger partial charge in [0, 0.05) is 0 Å². The number of rotatable bonds is 2. The Morgan fingerprint density at radius 2 is 1.85 bits per heavy atom. The molecule has 0 aliphatic rings. The fraction of sp³-hybridized carbons (Fsp3) is 0.333. The molecule has 0 fully saturated rings. The monoisotopic (exact) mass is 175 g/mol. The van der Waals surface area contributed by atoms with Crippen LogP contribution in [0.2, 0.25) is 0 Å². The molecule has 1 unspecified atom stereocenters.